The minimum absolute atomic E-state index is 0.0150. The minimum Gasteiger partial charge on any atom is -0.482 e. The Kier molecular flexibility index (Phi) is 4.62. The first kappa shape index (κ1) is 17.0. The molecule has 4 aromatic rings. The van der Waals surface area contributed by atoms with Gasteiger partial charge < -0.3 is 4.74 Å². The van der Waals surface area contributed by atoms with Crippen molar-refractivity contribution in [1.82, 2.24) is 0 Å². The van der Waals surface area contributed by atoms with E-state index in [-0.39, 0.29) is 5.78 Å². The predicted octanol–water partition coefficient (Wildman–Crippen LogP) is 6.59. The van der Waals surface area contributed by atoms with Crippen LogP contribution in [-0.2, 0) is 0 Å². The molecule has 0 unspecified atom stereocenters. The van der Waals surface area contributed by atoms with Crippen molar-refractivity contribution in [3.05, 3.63) is 75.8 Å². The van der Waals surface area contributed by atoms with Gasteiger partial charge in [0, 0.05) is 26.6 Å². The molecule has 0 radical (unpaired) electrons. The molecule has 0 amide bonds. The van der Waals surface area contributed by atoms with Crippen LogP contribution >= 0.6 is 22.7 Å². The average molecular weight is 379 g/mol. The Morgan fingerprint density at radius 1 is 1.08 bits per heavy atom. The zero-order valence-corrected chi connectivity index (χ0v) is 16.2. The molecule has 0 saturated heterocycles. The summed E-state index contributed by atoms with van der Waals surface area (Å²) in [7, 11) is 0. The summed E-state index contributed by atoms with van der Waals surface area (Å²) in [6, 6.07) is 16.5. The van der Waals surface area contributed by atoms with Gasteiger partial charge >= 0.3 is 0 Å². The van der Waals surface area contributed by atoms with Crippen LogP contribution in [0.1, 0.15) is 22.8 Å². The van der Waals surface area contributed by atoms with Crippen LogP contribution in [0.2, 0.25) is 0 Å². The molecule has 0 saturated carbocycles. The number of thiophene rings is 2. The summed E-state index contributed by atoms with van der Waals surface area (Å²) in [4.78, 5) is 12.6. The highest BCUT2D eigenvalue weighted by atomic mass is 32.1. The van der Waals surface area contributed by atoms with Crippen molar-refractivity contribution < 1.29 is 9.53 Å². The number of benzene rings is 2. The van der Waals surface area contributed by atoms with Gasteiger partial charge in [0.2, 0.25) is 5.78 Å². The van der Waals surface area contributed by atoms with Crippen LogP contribution in [0.3, 0.4) is 0 Å². The smallest absolute Gasteiger partial charge is 0.203 e. The fourth-order valence-electron chi connectivity index (χ4n) is 3.11. The largest absolute Gasteiger partial charge is 0.482 e. The second-order valence-electron chi connectivity index (χ2n) is 6.24. The Hall–Kier alpha value is -2.43. The maximum atomic E-state index is 12.6. The SMILES string of the molecule is Cc1cc(-c2ccccc2)c2sccc2c1O[C@H](C)C(=O)c1ccsc1. The molecular formula is C22H18O2S2. The fourth-order valence-corrected chi connectivity index (χ4v) is 4.69. The molecule has 130 valence electrons. The highest BCUT2D eigenvalue weighted by Crippen LogP contribution is 2.40. The summed E-state index contributed by atoms with van der Waals surface area (Å²) in [5.41, 5.74) is 4.15. The number of hydrogen-bond acceptors (Lipinski definition) is 4. The zero-order valence-electron chi connectivity index (χ0n) is 14.6. The third-order valence-electron chi connectivity index (χ3n) is 4.43. The van der Waals surface area contributed by atoms with Gasteiger partial charge in [-0.3, -0.25) is 4.79 Å². The van der Waals surface area contributed by atoms with Crippen LogP contribution in [0, 0.1) is 6.92 Å². The molecule has 26 heavy (non-hydrogen) atoms. The summed E-state index contributed by atoms with van der Waals surface area (Å²) < 4.78 is 7.34. The lowest BCUT2D eigenvalue weighted by atomic mass is 10.0. The van der Waals surface area contributed by atoms with Gasteiger partial charge in [0.15, 0.2) is 6.10 Å². The second kappa shape index (κ2) is 7.06. The molecule has 4 rings (SSSR count). The molecule has 0 aliphatic heterocycles. The molecule has 0 aliphatic carbocycles. The average Bonchev–Trinajstić information content (AvgIpc) is 3.35. The van der Waals surface area contributed by atoms with E-state index in [1.165, 1.54) is 27.2 Å². The maximum Gasteiger partial charge on any atom is 0.203 e. The molecule has 0 aliphatic rings. The van der Waals surface area contributed by atoms with Gasteiger partial charge in [0.25, 0.3) is 0 Å². The van der Waals surface area contributed by atoms with Gasteiger partial charge in [-0.1, -0.05) is 30.3 Å². The number of fused-ring (bicyclic) bond motifs is 1. The number of carbonyl (C=O) groups is 1. The van der Waals surface area contributed by atoms with E-state index in [9.17, 15) is 4.79 Å². The predicted molar refractivity (Wildman–Crippen MR) is 111 cm³/mol. The van der Waals surface area contributed by atoms with Crippen molar-refractivity contribution in [3.8, 4) is 16.9 Å². The maximum absolute atomic E-state index is 12.6. The molecule has 0 spiro atoms. The summed E-state index contributed by atoms with van der Waals surface area (Å²) in [6.07, 6.45) is -0.519. The van der Waals surface area contributed by atoms with Crippen LogP contribution < -0.4 is 4.74 Å². The third-order valence-corrected chi connectivity index (χ3v) is 6.06. The first-order valence-electron chi connectivity index (χ1n) is 8.44. The Balaban J connectivity index is 1.74. The van der Waals surface area contributed by atoms with E-state index >= 15 is 0 Å². The van der Waals surface area contributed by atoms with E-state index in [2.05, 4.69) is 41.8 Å². The summed E-state index contributed by atoms with van der Waals surface area (Å²) in [5, 5.41) is 6.93. The third kappa shape index (κ3) is 3.06. The van der Waals surface area contributed by atoms with Crippen LogP contribution in [0.25, 0.3) is 21.2 Å². The van der Waals surface area contributed by atoms with Crippen molar-refractivity contribution in [1.29, 1.82) is 0 Å². The van der Waals surface area contributed by atoms with E-state index in [0.29, 0.717) is 5.56 Å². The van der Waals surface area contributed by atoms with Crippen molar-refractivity contribution in [2.45, 2.75) is 20.0 Å². The van der Waals surface area contributed by atoms with Crippen molar-refractivity contribution in [2.24, 2.45) is 0 Å². The summed E-state index contributed by atoms with van der Waals surface area (Å²) >= 11 is 3.23. The van der Waals surface area contributed by atoms with Gasteiger partial charge in [-0.2, -0.15) is 11.3 Å². The van der Waals surface area contributed by atoms with Crippen LogP contribution in [0.15, 0.2) is 64.7 Å². The van der Waals surface area contributed by atoms with E-state index in [1.807, 2.05) is 36.7 Å². The molecule has 2 heterocycles. The first-order valence-corrected chi connectivity index (χ1v) is 10.3. The fraction of sp³-hybridized carbons (Fsp3) is 0.136. The molecule has 2 aromatic heterocycles. The quantitative estimate of drug-likeness (QED) is 0.366. The number of rotatable bonds is 5. The molecule has 0 N–H and O–H groups in total. The topological polar surface area (TPSA) is 26.3 Å². The second-order valence-corrected chi connectivity index (χ2v) is 7.93. The highest BCUT2D eigenvalue weighted by Gasteiger charge is 2.21. The number of ketones is 1. The normalized spacial score (nSPS) is 12.2. The number of hydrogen-bond donors (Lipinski definition) is 0. The van der Waals surface area contributed by atoms with Crippen molar-refractivity contribution >= 4 is 38.5 Å². The van der Waals surface area contributed by atoms with Crippen LogP contribution in [0.4, 0.5) is 0 Å². The Bertz CT molecular complexity index is 1050. The number of ether oxygens (including phenoxy) is 1. The molecule has 4 heteroatoms. The number of carbonyl (C=O) groups excluding carboxylic acids is 1. The monoisotopic (exact) mass is 378 g/mol. The summed E-state index contributed by atoms with van der Waals surface area (Å²) in [6.45, 7) is 3.86. The number of aryl methyl sites for hydroxylation is 1. The summed E-state index contributed by atoms with van der Waals surface area (Å²) in [5.74, 6) is 0.818. The van der Waals surface area contributed by atoms with Crippen LogP contribution in [-0.4, -0.2) is 11.9 Å². The lowest BCUT2D eigenvalue weighted by Crippen LogP contribution is -2.23. The van der Waals surface area contributed by atoms with Gasteiger partial charge in [-0.05, 0) is 53.9 Å². The van der Waals surface area contributed by atoms with Gasteiger partial charge in [0.1, 0.15) is 5.75 Å². The molecule has 0 fully saturated rings. The highest BCUT2D eigenvalue weighted by molar-refractivity contribution is 7.17. The van der Waals surface area contributed by atoms with E-state index in [0.717, 1.165) is 16.7 Å². The van der Waals surface area contributed by atoms with Gasteiger partial charge in [-0.15, -0.1) is 11.3 Å². The lowest BCUT2D eigenvalue weighted by molar-refractivity contribution is 0.0820. The van der Waals surface area contributed by atoms with E-state index < -0.39 is 6.10 Å². The molecular weight excluding hydrogens is 360 g/mol. The molecule has 2 nitrogen and oxygen atoms in total. The Morgan fingerprint density at radius 3 is 2.62 bits per heavy atom. The Labute approximate surface area is 160 Å². The van der Waals surface area contributed by atoms with Crippen molar-refractivity contribution in [2.75, 3.05) is 0 Å². The first-order chi connectivity index (χ1) is 12.6. The standard InChI is InChI=1S/C22H18O2S2/c1-14-12-19(16-6-4-3-5-7-16)22-18(9-11-26-22)21(14)24-15(2)20(23)17-8-10-25-13-17/h3-13,15H,1-2H3/t15-/m1/s1. The molecule has 2 aromatic carbocycles. The minimum atomic E-state index is -0.519. The lowest BCUT2D eigenvalue weighted by Gasteiger charge is -2.17. The van der Waals surface area contributed by atoms with Gasteiger partial charge in [0.05, 0.1) is 0 Å². The number of Topliss-reactive ketones (excluding diaryl/α,β-unsaturated/α-hetero) is 1. The zero-order chi connectivity index (χ0) is 18.1. The Morgan fingerprint density at radius 2 is 1.88 bits per heavy atom. The molecule has 1 atom stereocenters. The van der Waals surface area contributed by atoms with Crippen molar-refractivity contribution in [3.63, 3.8) is 0 Å². The van der Waals surface area contributed by atoms with Crippen LogP contribution in [0.5, 0.6) is 5.75 Å². The molecule has 0 bridgehead atoms. The van der Waals surface area contributed by atoms with Gasteiger partial charge in [-0.25, -0.2) is 0 Å². The van der Waals surface area contributed by atoms with E-state index in [4.69, 9.17) is 4.74 Å². The van der Waals surface area contributed by atoms with E-state index in [1.54, 1.807) is 11.3 Å².